The van der Waals surface area contributed by atoms with Crippen LogP contribution in [-0.4, -0.2) is 59.5 Å². The first-order valence-electron chi connectivity index (χ1n) is 8.62. The molecule has 0 aliphatic carbocycles. The Labute approximate surface area is 141 Å². The van der Waals surface area contributed by atoms with Gasteiger partial charge in [-0.25, -0.2) is 5.10 Å². The number of aliphatic hydroxyl groups excluding tert-OH is 1. The molecule has 0 radical (unpaired) electrons. The number of aromatic nitrogens is 2. The number of hydrogen-bond donors (Lipinski definition) is 4. The molecule has 4 N–H and O–H groups in total. The van der Waals surface area contributed by atoms with Crippen molar-refractivity contribution in [1.29, 1.82) is 0 Å². The fourth-order valence-electron chi connectivity index (χ4n) is 3.21. The summed E-state index contributed by atoms with van der Waals surface area (Å²) in [5.41, 5.74) is 0.612. The summed E-state index contributed by atoms with van der Waals surface area (Å²) in [6.45, 7) is 4.51. The molecule has 0 spiro atoms. The SMILES string of the molecule is O=c1[nH]nc(NCCO)c2cccc(NCCN3CCCCC3)c12. The molecule has 3 rings (SSSR count). The molecule has 1 saturated heterocycles. The lowest BCUT2D eigenvalue weighted by molar-refractivity contribution is 0.237. The molecule has 7 heteroatoms. The number of nitrogens with one attached hydrogen (secondary N) is 3. The number of likely N-dealkylation sites (tertiary alicyclic amines) is 1. The minimum Gasteiger partial charge on any atom is -0.395 e. The summed E-state index contributed by atoms with van der Waals surface area (Å²) < 4.78 is 0. The molecule has 0 saturated carbocycles. The maximum Gasteiger partial charge on any atom is 0.274 e. The van der Waals surface area contributed by atoms with Crippen LogP contribution in [0.1, 0.15) is 19.3 Å². The van der Waals surface area contributed by atoms with Crippen LogP contribution < -0.4 is 16.2 Å². The van der Waals surface area contributed by atoms with Gasteiger partial charge in [0.1, 0.15) is 0 Å². The number of rotatable bonds is 7. The molecule has 1 aromatic heterocycles. The van der Waals surface area contributed by atoms with Gasteiger partial charge in [-0.15, -0.1) is 0 Å². The van der Waals surface area contributed by atoms with Crippen LogP contribution in [0.2, 0.25) is 0 Å². The Bertz CT molecular complexity index is 724. The van der Waals surface area contributed by atoms with Crippen molar-refractivity contribution < 1.29 is 5.11 Å². The minimum atomic E-state index is -0.208. The topological polar surface area (TPSA) is 93.3 Å². The summed E-state index contributed by atoms with van der Waals surface area (Å²) >= 11 is 0. The van der Waals surface area contributed by atoms with Gasteiger partial charge in [-0.1, -0.05) is 18.6 Å². The minimum absolute atomic E-state index is 0.01000. The van der Waals surface area contributed by atoms with Gasteiger partial charge in [-0.05, 0) is 32.0 Å². The van der Waals surface area contributed by atoms with E-state index in [9.17, 15) is 4.79 Å². The Morgan fingerprint density at radius 2 is 2.00 bits per heavy atom. The molecule has 24 heavy (non-hydrogen) atoms. The molecule has 0 atom stereocenters. The van der Waals surface area contributed by atoms with Crippen LogP contribution in [0.4, 0.5) is 11.5 Å². The molecule has 0 unspecified atom stereocenters. The lowest BCUT2D eigenvalue weighted by Gasteiger charge is -2.26. The van der Waals surface area contributed by atoms with Gasteiger partial charge < -0.3 is 20.6 Å². The maximum absolute atomic E-state index is 12.2. The van der Waals surface area contributed by atoms with Crippen LogP contribution in [0, 0.1) is 0 Å². The van der Waals surface area contributed by atoms with Gasteiger partial charge in [0, 0.05) is 30.7 Å². The number of benzene rings is 1. The number of aromatic amines is 1. The van der Waals surface area contributed by atoms with E-state index in [4.69, 9.17) is 5.11 Å². The van der Waals surface area contributed by atoms with Gasteiger partial charge in [-0.2, -0.15) is 5.10 Å². The first kappa shape index (κ1) is 16.7. The zero-order chi connectivity index (χ0) is 16.8. The number of hydrogen-bond acceptors (Lipinski definition) is 6. The monoisotopic (exact) mass is 331 g/mol. The van der Waals surface area contributed by atoms with Crippen molar-refractivity contribution in [2.24, 2.45) is 0 Å². The van der Waals surface area contributed by atoms with Gasteiger partial charge in [-0.3, -0.25) is 4.79 Å². The van der Waals surface area contributed by atoms with Gasteiger partial charge in [0.05, 0.1) is 12.0 Å². The predicted molar refractivity (Wildman–Crippen MR) is 96.7 cm³/mol. The van der Waals surface area contributed by atoms with Crippen LogP contribution >= 0.6 is 0 Å². The Hall–Kier alpha value is -2.12. The van der Waals surface area contributed by atoms with Crippen LogP contribution in [0.15, 0.2) is 23.0 Å². The highest BCUT2D eigenvalue weighted by atomic mass is 16.3. The summed E-state index contributed by atoms with van der Waals surface area (Å²) in [6, 6.07) is 5.70. The molecule has 7 nitrogen and oxygen atoms in total. The standard InChI is InChI=1S/C17H25N5O2/c23-12-8-19-16-13-5-4-6-14(15(13)17(24)21-20-16)18-7-11-22-9-2-1-3-10-22/h4-6,18,23H,1-3,7-12H2,(H,19,20)(H,21,24). The van der Waals surface area contributed by atoms with Crippen LogP contribution in [0.5, 0.6) is 0 Å². The second-order valence-electron chi connectivity index (χ2n) is 6.11. The Balaban J connectivity index is 1.76. The number of nitrogens with zero attached hydrogens (tertiary/aromatic N) is 2. The highest BCUT2D eigenvalue weighted by Gasteiger charge is 2.12. The summed E-state index contributed by atoms with van der Waals surface area (Å²) in [5, 5.41) is 23.3. The molecule has 130 valence electrons. The van der Waals surface area contributed by atoms with Crippen LogP contribution in [0.3, 0.4) is 0 Å². The molecule has 2 heterocycles. The fraction of sp³-hybridized carbons (Fsp3) is 0.529. The first-order valence-corrected chi connectivity index (χ1v) is 8.62. The average molecular weight is 331 g/mol. The zero-order valence-electron chi connectivity index (χ0n) is 13.8. The van der Waals surface area contributed by atoms with Crippen molar-refractivity contribution in [1.82, 2.24) is 15.1 Å². The van der Waals surface area contributed by atoms with E-state index < -0.39 is 0 Å². The van der Waals surface area contributed by atoms with Crippen molar-refractivity contribution in [3.8, 4) is 0 Å². The second-order valence-corrected chi connectivity index (χ2v) is 6.11. The fourth-order valence-corrected chi connectivity index (χ4v) is 3.21. The molecule has 1 aliphatic rings. The van der Waals surface area contributed by atoms with Crippen LogP contribution in [-0.2, 0) is 0 Å². The highest BCUT2D eigenvalue weighted by molar-refractivity contribution is 5.99. The van der Waals surface area contributed by atoms with Gasteiger partial charge in [0.2, 0.25) is 0 Å². The zero-order valence-corrected chi connectivity index (χ0v) is 13.8. The van der Waals surface area contributed by atoms with Crippen molar-refractivity contribution in [2.75, 3.05) is 50.0 Å². The predicted octanol–water partition coefficient (Wildman–Crippen LogP) is 1.23. The summed E-state index contributed by atoms with van der Waals surface area (Å²) in [6.07, 6.45) is 3.89. The molecular formula is C17H25N5O2. The van der Waals surface area contributed by atoms with Crippen molar-refractivity contribution in [3.63, 3.8) is 0 Å². The molecule has 1 aliphatic heterocycles. The largest absolute Gasteiger partial charge is 0.395 e. The highest BCUT2D eigenvalue weighted by Crippen LogP contribution is 2.24. The van der Waals surface area contributed by atoms with E-state index in [1.807, 2.05) is 18.2 Å². The van der Waals surface area contributed by atoms with E-state index in [-0.39, 0.29) is 12.2 Å². The van der Waals surface area contributed by atoms with Gasteiger partial charge in [0.25, 0.3) is 5.56 Å². The molecule has 2 aromatic rings. The third kappa shape index (κ3) is 3.85. The van der Waals surface area contributed by atoms with Crippen molar-refractivity contribution in [2.45, 2.75) is 19.3 Å². The van der Waals surface area contributed by atoms with Gasteiger partial charge >= 0.3 is 0 Å². The lowest BCUT2D eigenvalue weighted by atomic mass is 10.1. The van der Waals surface area contributed by atoms with Crippen molar-refractivity contribution in [3.05, 3.63) is 28.6 Å². The summed E-state index contributed by atoms with van der Waals surface area (Å²) in [4.78, 5) is 14.7. The van der Waals surface area contributed by atoms with E-state index in [0.717, 1.165) is 37.3 Å². The number of H-pyrrole nitrogens is 1. The smallest absolute Gasteiger partial charge is 0.274 e. The number of anilines is 2. The number of aliphatic hydroxyl groups is 1. The third-order valence-electron chi connectivity index (χ3n) is 4.41. The second kappa shape index (κ2) is 8.12. The Morgan fingerprint density at radius 3 is 2.79 bits per heavy atom. The van der Waals surface area contributed by atoms with Gasteiger partial charge in [0.15, 0.2) is 5.82 Å². The molecule has 0 amide bonds. The van der Waals surface area contributed by atoms with E-state index >= 15 is 0 Å². The summed E-state index contributed by atoms with van der Waals surface area (Å²) in [5.74, 6) is 0.582. The quantitative estimate of drug-likeness (QED) is 0.610. The molecule has 1 aromatic carbocycles. The molecule has 1 fully saturated rings. The number of fused-ring (bicyclic) bond motifs is 1. The van der Waals surface area contributed by atoms with Crippen molar-refractivity contribution >= 4 is 22.3 Å². The van der Waals surface area contributed by atoms with E-state index in [1.54, 1.807) is 0 Å². The maximum atomic E-state index is 12.2. The average Bonchev–Trinajstić information content (AvgIpc) is 2.62. The van der Waals surface area contributed by atoms with E-state index in [0.29, 0.717) is 17.7 Å². The summed E-state index contributed by atoms with van der Waals surface area (Å²) in [7, 11) is 0. The number of piperidine rings is 1. The third-order valence-corrected chi connectivity index (χ3v) is 4.41. The Morgan fingerprint density at radius 1 is 1.17 bits per heavy atom. The lowest BCUT2D eigenvalue weighted by Crippen LogP contribution is -2.33. The molecule has 0 bridgehead atoms. The first-order chi connectivity index (χ1) is 11.8. The van der Waals surface area contributed by atoms with Crippen LogP contribution in [0.25, 0.3) is 10.8 Å². The van der Waals surface area contributed by atoms with E-state index in [2.05, 4.69) is 25.7 Å². The Kier molecular flexibility index (Phi) is 5.66. The van der Waals surface area contributed by atoms with E-state index in [1.165, 1.54) is 19.3 Å². The normalized spacial score (nSPS) is 15.5. The molecular weight excluding hydrogens is 306 g/mol.